The standard InChI is InChI=1S/C12H16N4O3/c1-8(17)5-4-6-16-11(18)9-10(13-7-14(9)2)15(3)12(16)19/h7H,4-6H2,1-3H3. The molecule has 0 amide bonds. The van der Waals surface area contributed by atoms with Crippen LogP contribution in [-0.4, -0.2) is 24.5 Å². The number of aromatic nitrogens is 4. The van der Waals surface area contributed by atoms with Crippen molar-refractivity contribution in [3.8, 4) is 0 Å². The van der Waals surface area contributed by atoms with Crippen molar-refractivity contribution in [1.82, 2.24) is 18.7 Å². The van der Waals surface area contributed by atoms with Crippen LogP contribution in [0.3, 0.4) is 0 Å². The highest BCUT2D eigenvalue weighted by Gasteiger charge is 2.14. The van der Waals surface area contributed by atoms with Crippen LogP contribution in [0.4, 0.5) is 0 Å². The molecule has 0 saturated carbocycles. The van der Waals surface area contributed by atoms with Gasteiger partial charge in [-0.05, 0) is 13.3 Å². The number of nitrogens with zero attached hydrogens (tertiary/aromatic N) is 4. The Bertz CT molecular complexity index is 751. The normalized spacial score (nSPS) is 11.1. The zero-order chi connectivity index (χ0) is 14.2. The van der Waals surface area contributed by atoms with Crippen LogP contribution in [0.25, 0.3) is 11.2 Å². The highest BCUT2D eigenvalue weighted by atomic mass is 16.2. The number of Topliss-reactive ketones (excluding diaryl/α,β-unsaturated/α-hetero) is 1. The lowest BCUT2D eigenvalue weighted by Gasteiger charge is -2.07. The number of ketones is 1. The number of rotatable bonds is 4. The van der Waals surface area contributed by atoms with Crippen LogP contribution in [0.1, 0.15) is 19.8 Å². The van der Waals surface area contributed by atoms with Crippen LogP contribution in [-0.2, 0) is 25.4 Å². The van der Waals surface area contributed by atoms with Gasteiger partial charge in [-0.2, -0.15) is 0 Å². The molecule has 2 heterocycles. The number of hydrogen-bond acceptors (Lipinski definition) is 4. The van der Waals surface area contributed by atoms with Crippen molar-refractivity contribution in [1.29, 1.82) is 0 Å². The Balaban J connectivity index is 2.55. The van der Waals surface area contributed by atoms with E-state index in [9.17, 15) is 14.4 Å². The number of imidazole rings is 1. The number of fused-ring (bicyclic) bond motifs is 1. The van der Waals surface area contributed by atoms with Gasteiger partial charge in [0.15, 0.2) is 11.2 Å². The summed E-state index contributed by atoms with van der Waals surface area (Å²) in [6.45, 7) is 1.73. The molecule has 0 N–H and O–H groups in total. The van der Waals surface area contributed by atoms with Crippen molar-refractivity contribution in [3.63, 3.8) is 0 Å². The molecule has 2 rings (SSSR count). The first-order chi connectivity index (χ1) is 8.93. The summed E-state index contributed by atoms with van der Waals surface area (Å²) in [7, 11) is 3.29. The predicted molar refractivity (Wildman–Crippen MR) is 70.1 cm³/mol. The first-order valence-electron chi connectivity index (χ1n) is 6.03. The first kappa shape index (κ1) is 13.3. The zero-order valence-electron chi connectivity index (χ0n) is 11.2. The highest BCUT2D eigenvalue weighted by Crippen LogP contribution is 2.03. The maximum absolute atomic E-state index is 12.3. The second-order valence-corrected chi connectivity index (χ2v) is 4.63. The molecule has 0 fully saturated rings. The van der Waals surface area contributed by atoms with Crippen LogP contribution >= 0.6 is 0 Å². The average molecular weight is 264 g/mol. The topological polar surface area (TPSA) is 78.9 Å². The maximum atomic E-state index is 12.3. The third-order valence-electron chi connectivity index (χ3n) is 3.11. The lowest BCUT2D eigenvalue weighted by atomic mass is 10.2. The Labute approximate surface area is 109 Å². The van der Waals surface area contributed by atoms with E-state index >= 15 is 0 Å². The molecule has 0 bridgehead atoms. The fourth-order valence-electron chi connectivity index (χ4n) is 2.08. The summed E-state index contributed by atoms with van der Waals surface area (Å²) in [6.07, 6.45) is 2.35. The van der Waals surface area contributed by atoms with E-state index in [1.807, 2.05) is 0 Å². The Hall–Kier alpha value is -2.18. The lowest BCUT2D eigenvalue weighted by molar-refractivity contribution is -0.117. The molecule has 0 aliphatic rings. The van der Waals surface area contributed by atoms with E-state index in [0.717, 1.165) is 4.57 Å². The number of hydrogen-bond donors (Lipinski definition) is 0. The van der Waals surface area contributed by atoms with Gasteiger partial charge < -0.3 is 9.36 Å². The summed E-state index contributed by atoms with van der Waals surface area (Å²) in [5.41, 5.74) is 0.00615. The van der Waals surface area contributed by atoms with Crippen molar-refractivity contribution in [2.45, 2.75) is 26.3 Å². The van der Waals surface area contributed by atoms with Gasteiger partial charge in [0.2, 0.25) is 0 Å². The van der Waals surface area contributed by atoms with E-state index in [2.05, 4.69) is 4.98 Å². The van der Waals surface area contributed by atoms with Crippen molar-refractivity contribution in [2.24, 2.45) is 14.1 Å². The molecule has 0 spiro atoms. The van der Waals surface area contributed by atoms with Gasteiger partial charge in [-0.25, -0.2) is 9.78 Å². The fourth-order valence-corrected chi connectivity index (χ4v) is 2.08. The van der Waals surface area contributed by atoms with Gasteiger partial charge in [0.05, 0.1) is 6.33 Å². The molecule has 7 nitrogen and oxygen atoms in total. The smallest absolute Gasteiger partial charge is 0.328 e. The van der Waals surface area contributed by atoms with Crippen LogP contribution < -0.4 is 11.2 Å². The van der Waals surface area contributed by atoms with E-state index in [1.54, 1.807) is 18.7 Å². The van der Waals surface area contributed by atoms with Gasteiger partial charge in [0.1, 0.15) is 5.78 Å². The van der Waals surface area contributed by atoms with Gasteiger partial charge in [-0.3, -0.25) is 13.9 Å². The van der Waals surface area contributed by atoms with E-state index in [0.29, 0.717) is 24.0 Å². The van der Waals surface area contributed by atoms with Crippen LogP contribution in [0, 0.1) is 0 Å². The SMILES string of the molecule is CC(=O)CCCn1c(=O)c2c(ncn2C)n(C)c1=O. The Morgan fingerprint density at radius 1 is 1.32 bits per heavy atom. The molecule has 0 unspecified atom stereocenters. The van der Waals surface area contributed by atoms with Gasteiger partial charge >= 0.3 is 5.69 Å². The molecule has 2 aromatic heterocycles. The molecular formula is C12H16N4O3. The van der Waals surface area contributed by atoms with Crippen LogP contribution in [0.5, 0.6) is 0 Å². The number of carbonyl (C=O) groups excluding carboxylic acids is 1. The van der Waals surface area contributed by atoms with E-state index in [1.165, 1.54) is 17.8 Å². The Morgan fingerprint density at radius 2 is 2.00 bits per heavy atom. The summed E-state index contributed by atoms with van der Waals surface area (Å²) >= 11 is 0. The molecule has 7 heteroatoms. The van der Waals surface area contributed by atoms with Gasteiger partial charge in [0, 0.05) is 27.1 Å². The van der Waals surface area contributed by atoms with Crippen LogP contribution in [0.15, 0.2) is 15.9 Å². The third-order valence-corrected chi connectivity index (χ3v) is 3.11. The molecule has 0 aliphatic heterocycles. The van der Waals surface area contributed by atoms with Crippen molar-refractivity contribution in [3.05, 3.63) is 27.2 Å². The van der Waals surface area contributed by atoms with Crippen molar-refractivity contribution < 1.29 is 4.79 Å². The molecule has 0 radical (unpaired) electrons. The second-order valence-electron chi connectivity index (χ2n) is 4.63. The minimum atomic E-state index is -0.403. The number of carbonyl (C=O) groups is 1. The Morgan fingerprint density at radius 3 is 2.63 bits per heavy atom. The quantitative estimate of drug-likeness (QED) is 0.766. The predicted octanol–water partition coefficient (Wildman–Crippen LogP) is -0.197. The summed E-state index contributed by atoms with van der Waals surface area (Å²) in [4.78, 5) is 39.3. The van der Waals surface area contributed by atoms with E-state index in [4.69, 9.17) is 0 Å². The second kappa shape index (κ2) is 4.83. The van der Waals surface area contributed by atoms with Crippen molar-refractivity contribution >= 4 is 16.9 Å². The fraction of sp³-hybridized carbons (Fsp3) is 0.500. The molecule has 19 heavy (non-hydrogen) atoms. The average Bonchev–Trinajstić information content (AvgIpc) is 2.73. The van der Waals surface area contributed by atoms with Gasteiger partial charge in [0.25, 0.3) is 5.56 Å². The molecule has 0 aromatic carbocycles. The first-order valence-corrected chi connectivity index (χ1v) is 6.03. The number of aryl methyl sites for hydroxylation is 2. The maximum Gasteiger partial charge on any atom is 0.332 e. The molecule has 2 aromatic rings. The largest absolute Gasteiger partial charge is 0.332 e. The minimum absolute atomic E-state index is 0.0477. The van der Waals surface area contributed by atoms with Crippen LogP contribution in [0.2, 0.25) is 0 Å². The minimum Gasteiger partial charge on any atom is -0.328 e. The Kier molecular flexibility index (Phi) is 3.37. The molecular weight excluding hydrogens is 248 g/mol. The molecule has 102 valence electrons. The third kappa shape index (κ3) is 2.23. The molecule has 0 atom stereocenters. The van der Waals surface area contributed by atoms with E-state index < -0.39 is 5.69 Å². The van der Waals surface area contributed by atoms with Crippen molar-refractivity contribution in [2.75, 3.05) is 0 Å². The summed E-state index contributed by atoms with van der Waals surface area (Å²) in [5, 5.41) is 0. The lowest BCUT2D eigenvalue weighted by Crippen LogP contribution is -2.39. The summed E-state index contributed by atoms with van der Waals surface area (Å²) < 4.78 is 4.11. The summed E-state index contributed by atoms with van der Waals surface area (Å²) in [6, 6.07) is 0. The zero-order valence-corrected chi connectivity index (χ0v) is 11.2. The van der Waals surface area contributed by atoms with Gasteiger partial charge in [-0.1, -0.05) is 0 Å². The highest BCUT2D eigenvalue weighted by molar-refractivity contribution is 5.75. The monoisotopic (exact) mass is 264 g/mol. The van der Waals surface area contributed by atoms with Gasteiger partial charge in [-0.15, -0.1) is 0 Å². The van der Waals surface area contributed by atoms with E-state index in [-0.39, 0.29) is 17.9 Å². The summed E-state index contributed by atoms with van der Waals surface area (Å²) in [5.74, 6) is 0.0477. The molecule has 0 aliphatic carbocycles. The molecule has 0 saturated heterocycles.